The second-order valence-electron chi connectivity index (χ2n) is 5.11. The molecule has 0 radical (unpaired) electrons. The molecule has 0 spiro atoms. The van der Waals surface area contributed by atoms with E-state index in [1.807, 2.05) is 25.1 Å². The van der Waals surface area contributed by atoms with Crippen LogP contribution in [0.4, 0.5) is 0 Å². The molecule has 1 fully saturated rings. The van der Waals surface area contributed by atoms with E-state index in [1.54, 1.807) is 11.0 Å². The van der Waals surface area contributed by atoms with Crippen molar-refractivity contribution < 1.29 is 14.3 Å². The van der Waals surface area contributed by atoms with Crippen molar-refractivity contribution in [2.45, 2.75) is 25.8 Å². The molecule has 4 heteroatoms. The zero-order valence-corrected chi connectivity index (χ0v) is 10.9. The van der Waals surface area contributed by atoms with E-state index in [0.717, 1.165) is 29.4 Å². The van der Waals surface area contributed by atoms with Gasteiger partial charge in [-0.2, -0.15) is 0 Å². The quantitative estimate of drug-likeness (QED) is 0.917. The minimum atomic E-state index is -0.120. The first-order chi connectivity index (χ1) is 9.19. The van der Waals surface area contributed by atoms with E-state index in [4.69, 9.17) is 9.52 Å². The molecule has 4 nitrogen and oxygen atoms in total. The molecule has 100 valence electrons. The van der Waals surface area contributed by atoms with Crippen molar-refractivity contribution in [3.05, 3.63) is 35.6 Å². The second-order valence-corrected chi connectivity index (χ2v) is 5.11. The molecule has 0 aliphatic heterocycles. The summed E-state index contributed by atoms with van der Waals surface area (Å²) in [5.41, 5.74) is 1.87. The predicted octanol–water partition coefficient (Wildman–Crippen LogP) is 2.34. The molecule has 19 heavy (non-hydrogen) atoms. The molecule has 1 heterocycles. The van der Waals surface area contributed by atoms with Crippen LogP contribution in [0.1, 0.15) is 29.0 Å². The van der Waals surface area contributed by atoms with Crippen LogP contribution in [0.25, 0.3) is 11.0 Å². The maximum atomic E-state index is 12.4. The highest BCUT2D eigenvalue weighted by atomic mass is 16.3. The first-order valence-electron chi connectivity index (χ1n) is 6.61. The monoisotopic (exact) mass is 259 g/mol. The molecule has 2 aromatic rings. The van der Waals surface area contributed by atoms with Crippen LogP contribution in [-0.4, -0.2) is 35.1 Å². The summed E-state index contributed by atoms with van der Waals surface area (Å²) in [5.74, 6) is 0.242. The van der Waals surface area contributed by atoms with Crippen LogP contribution in [0.2, 0.25) is 0 Å². The van der Waals surface area contributed by atoms with E-state index >= 15 is 0 Å². The molecule has 0 bridgehead atoms. The molecule has 1 aliphatic carbocycles. The lowest BCUT2D eigenvalue weighted by Gasteiger charge is -2.19. The number of rotatable bonds is 4. The molecule has 1 saturated carbocycles. The normalized spacial score (nSPS) is 14.8. The van der Waals surface area contributed by atoms with E-state index in [2.05, 4.69) is 0 Å². The van der Waals surface area contributed by atoms with Gasteiger partial charge in [-0.25, -0.2) is 0 Å². The van der Waals surface area contributed by atoms with E-state index in [-0.39, 0.29) is 18.6 Å². The summed E-state index contributed by atoms with van der Waals surface area (Å²) >= 11 is 0. The standard InChI is InChI=1S/C15H17NO3/c1-10-2-5-13-11(8-10)9-14(19-13)15(18)16(6-7-17)12-3-4-12/h2,5,8-9,12,17H,3-4,6-7H2,1H3. The first-order valence-corrected chi connectivity index (χ1v) is 6.61. The number of aliphatic hydroxyl groups is 1. The number of aliphatic hydroxyl groups excluding tert-OH is 1. The van der Waals surface area contributed by atoms with Crippen molar-refractivity contribution in [2.24, 2.45) is 0 Å². The number of nitrogens with zero attached hydrogens (tertiary/aromatic N) is 1. The van der Waals surface area contributed by atoms with E-state index in [9.17, 15) is 4.79 Å². The molecule has 1 aromatic carbocycles. The van der Waals surface area contributed by atoms with Gasteiger partial charge in [-0.3, -0.25) is 4.79 Å². The maximum Gasteiger partial charge on any atom is 0.289 e. The van der Waals surface area contributed by atoms with E-state index in [1.165, 1.54) is 0 Å². The van der Waals surface area contributed by atoms with Gasteiger partial charge in [0, 0.05) is 18.0 Å². The smallest absolute Gasteiger partial charge is 0.289 e. The van der Waals surface area contributed by atoms with Crippen molar-refractivity contribution in [3.8, 4) is 0 Å². The Hall–Kier alpha value is -1.81. The minimum absolute atomic E-state index is 0.0123. The fraction of sp³-hybridized carbons (Fsp3) is 0.400. The third kappa shape index (κ3) is 2.36. The van der Waals surface area contributed by atoms with Gasteiger partial charge in [0.05, 0.1) is 6.61 Å². The highest BCUT2D eigenvalue weighted by Gasteiger charge is 2.33. The number of carbonyl (C=O) groups is 1. The Morgan fingerprint density at radius 3 is 2.89 bits per heavy atom. The third-order valence-electron chi connectivity index (χ3n) is 3.47. The van der Waals surface area contributed by atoms with Crippen LogP contribution < -0.4 is 0 Å². The summed E-state index contributed by atoms with van der Waals surface area (Å²) in [4.78, 5) is 14.1. The Kier molecular flexibility index (Phi) is 3.03. The number of furan rings is 1. The molecule has 0 saturated heterocycles. The Morgan fingerprint density at radius 1 is 1.42 bits per heavy atom. The van der Waals surface area contributed by atoms with Crippen molar-refractivity contribution >= 4 is 16.9 Å². The van der Waals surface area contributed by atoms with Crippen LogP contribution in [-0.2, 0) is 0 Å². The number of hydrogen-bond donors (Lipinski definition) is 1. The molecule has 1 aromatic heterocycles. The average Bonchev–Trinajstić information content (AvgIpc) is 3.14. The molecule has 1 amide bonds. The fourth-order valence-electron chi connectivity index (χ4n) is 2.35. The summed E-state index contributed by atoms with van der Waals surface area (Å²) in [7, 11) is 0. The van der Waals surface area contributed by atoms with Crippen molar-refractivity contribution in [3.63, 3.8) is 0 Å². The Morgan fingerprint density at radius 2 is 2.21 bits per heavy atom. The fourth-order valence-corrected chi connectivity index (χ4v) is 2.35. The van der Waals surface area contributed by atoms with Crippen molar-refractivity contribution in [2.75, 3.05) is 13.2 Å². The minimum Gasteiger partial charge on any atom is -0.451 e. The number of carbonyl (C=O) groups excluding carboxylic acids is 1. The lowest BCUT2D eigenvalue weighted by atomic mass is 10.2. The molecule has 0 unspecified atom stereocenters. The van der Waals surface area contributed by atoms with Gasteiger partial charge >= 0.3 is 0 Å². The van der Waals surface area contributed by atoms with Gasteiger partial charge in [-0.1, -0.05) is 11.6 Å². The van der Waals surface area contributed by atoms with Crippen LogP contribution in [0.5, 0.6) is 0 Å². The zero-order chi connectivity index (χ0) is 13.4. The number of fused-ring (bicyclic) bond motifs is 1. The van der Waals surface area contributed by atoms with Gasteiger partial charge in [0.2, 0.25) is 0 Å². The Bertz CT molecular complexity index is 613. The Balaban J connectivity index is 1.91. The van der Waals surface area contributed by atoms with Crippen LogP contribution in [0.3, 0.4) is 0 Å². The number of hydrogen-bond acceptors (Lipinski definition) is 3. The summed E-state index contributed by atoms with van der Waals surface area (Å²) in [6, 6.07) is 7.91. The van der Waals surface area contributed by atoms with Crippen LogP contribution in [0.15, 0.2) is 28.7 Å². The maximum absolute atomic E-state index is 12.4. The van der Waals surface area contributed by atoms with E-state index < -0.39 is 0 Å². The number of benzene rings is 1. The highest BCUT2D eigenvalue weighted by Crippen LogP contribution is 2.29. The van der Waals surface area contributed by atoms with Crippen molar-refractivity contribution in [1.29, 1.82) is 0 Å². The predicted molar refractivity (Wildman–Crippen MR) is 72.1 cm³/mol. The highest BCUT2D eigenvalue weighted by molar-refractivity contribution is 5.96. The third-order valence-corrected chi connectivity index (χ3v) is 3.47. The summed E-state index contributed by atoms with van der Waals surface area (Å²) < 4.78 is 5.62. The van der Waals surface area contributed by atoms with Gasteiger partial charge in [-0.05, 0) is 38.0 Å². The first kappa shape index (κ1) is 12.2. The largest absolute Gasteiger partial charge is 0.451 e. The lowest BCUT2D eigenvalue weighted by Crippen LogP contribution is -2.35. The Labute approximate surface area is 111 Å². The van der Waals surface area contributed by atoms with Gasteiger partial charge in [-0.15, -0.1) is 0 Å². The van der Waals surface area contributed by atoms with E-state index in [0.29, 0.717) is 12.3 Å². The summed E-state index contributed by atoms with van der Waals surface area (Å²) in [6.45, 7) is 2.37. The number of amides is 1. The molecule has 1 N–H and O–H groups in total. The molecule has 3 rings (SSSR count). The lowest BCUT2D eigenvalue weighted by molar-refractivity contribution is 0.0678. The topological polar surface area (TPSA) is 53.7 Å². The van der Waals surface area contributed by atoms with Gasteiger partial charge in [0.25, 0.3) is 5.91 Å². The number of aryl methyl sites for hydroxylation is 1. The zero-order valence-electron chi connectivity index (χ0n) is 10.9. The summed E-state index contributed by atoms with van der Waals surface area (Å²) in [5, 5.41) is 10.0. The molecule has 1 aliphatic rings. The van der Waals surface area contributed by atoms with Gasteiger partial charge < -0.3 is 14.4 Å². The molecular formula is C15H17NO3. The average molecular weight is 259 g/mol. The van der Waals surface area contributed by atoms with Crippen LogP contribution >= 0.6 is 0 Å². The second kappa shape index (κ2) is 4.70. The van der Waals surface area contributed by atoms with Gasteiger partial charge in [0.1, 0.15) is 5.58 Å². The van der Waals surface area contributed by atoms with Crippen LogP contribution in [0, 0.1) is 6.92 Å². The SMILES string of the molecule is Cc1ccc2oc(C(=O)N(CCO)C3CC3)cc2c1. The van der Waals surface area contributed by atoms with Crippen molar-refractivity contribution in [1.82, 2.24) is 4.90 Å². The summed E-state index contributed by atoms with van der Waals surface area (Å²) in [6.07, 6.45) is 2.04. The molecular weight excluding hydrogens is 242 g/mol. The molecule has 0 atom stereocenters. The van der Waals surface area contributed by atoms with Gasteiger partial charge in [0.15, 0.2) is 5.76 Å².